The lowest BCUT2D eigenvalue weighted by molar-refractivity contribution is 0.882. The van der Waals surface area contributed by atoms with Crippen molar-refractivity contribution < 1.29 is 0 Å². The number of nitrogens with one attached hydrogen (secondary N) is 1. The van der Waals surface area contributed by atoms with Gasteiger partial charge in [0.15, 0.2) is 0 Å². The van der Waals surface area contributed by atoms with Gasteiger partial charge in [0.2, 0.25) is 0 Å². The third kappa shape index (κ3) is 3.24. The standard InChI is InChI=1S/C8H8Cl2N4/c1-5(11)14-12-4-6-2-3-7(9)13-8(6)10/h2-4,14H,1,11H2/b12-4+. The van der Waals surface area contributed by atoms with Crippen LogP contribution in [0.15, 0.2) is 29.6 Å². The summed E-state index contributed by atoms with van der Waals surface area (Å²) in [5.74, 6) is 0.249. The molecule has 0 aromatic carbocycles. The Balaban J connectivity index is 2.76. The topological polar surface area (TPSA) is 63.3 Å². The van der Waals surface area contributed by atoms with Crippen LogP contribution in [0.4, 0.5) is 0 Å². The first-order valence-corrected chi connectivity index (χ1v) is 4.40. The maximum atomic E-state index is 5.78. The summed E-state index contributed by atoms with van der Waals surface area (Å²) in [4.78, 5) is 3.83. The normalized spacial score (nSPS) is 10.4. The molecule has 0 atom stereocenters. The number of halogens is 2. The lowest BCUT2D eigenvalue weighted by atomic mass is 10.3. The molecule has 0 saturated heterocycles. The summed E-state index contributed by atoms with van der Waals surface area (Å²) < 4.78 is 0. The monoisotopic (exact) mass is 230 g/mol. The van der Waals surface area contributed by atoms with Crippen LogP contribution in [0, 0.1) is 0 Å². The number of nitrogens with zero attached hydrogens (tertiary/aromatic N) is 2. The third-order valence-corrected chi connectivity index (χ3v) is 1.77. The second kappa shape index (κ2) is 4.83. The highest BCUT2D eigenvalue weighted by Gasteiger charge is 1.98. The molecule has 0 aliphatic carbocycles. The second-order valence-electron chi connectivity index (χ2n) is 2.41. The molecule has 0 fully saturated rings. The van der Waals surface area contributed by atoms with E-state index in [-0.39, 0.29) is 11.0 Å². The summed E-state index contributed by atoms with van der Waals surface area (Å²) in [6.07, 6.45) is 1.48. The van der Waals surface area contributed by atoms with Gasteiger partial charge in [-0.05, 0) is 12.1 Å². The summed E-state index contributed by atoms with van der Waals surface area (Å²) in [5, 5.41) is 4.38. The van der Waals surface area contributed by atoms with Gasteiger partial charge in [-0.3, -0.25) is 5.43 Å². The molecule has 1 heterocycles. The van der Waals surface area contributed by atoms with Crippen LogP contribution in [0.25, 0.3) is 0 Å². The van der Waals surface area contributed by atoms with Gasteiger partial charge in [-0.2, -0.15) is 5.10 Å². The van der Waals surface area contributed by atoms with E-state index in [1.165, 1.54) is 6.21 Å². The van der Waals surface area contributed by atoms with Gasteiger partial charge in [0.1, 0.15) is 16.1 Å². The van der Waals surface area contributed by atoms with E-state index in [0.717, 1.165) is 0 Å². The zero-order valence-corrected chi connectivity index (χ0v) is 8.68. The molecule has 0 bridgehead atoms. The highest BCUT2D eigenvalue weighted by Crippen LogP contribution is 2.14. The molecule has 0 aliphatic heterocycles. The first-order chi connectivity index (χ1) is 6.59. The van der Waals surface area contributed by atoms with Crippen molar-refractivity contribution in [3.05, 3.63) is 40.4 Å². The number of aromatic nitrogens is 1. The molecule has 0 amide bonds. The van der Waals surface area contributed by atoms with Crippen molar-refractivity contribution in [1.29, 1.82) is 0 Å². The fourth-order valence-electron chi connectivity index (χ4n) is 0.704. The van der Waals surface area contributed by atoms with Crippen LogP contribution < -0.4 is 11.2 Å². The van der Waals surface area contributed by atoms with Gasteiger partial charge in [-0.25, -0.2) is 4.98 Å². The van der Waals surface area contributed by atoms with Crippen molar-refractivity contribution in [1.82, 2.24) is 10.4 Å². The third-order valence-electron chi connectivity index (χ3n) is 1.26. The van der Waals surface area contributed by atoms with E-state index in [4.69, 9.17) is 28.9 Å². The van der Waals surface area contributed by atoms with E-state index in [0.29, 0.717) is 10.7 Å². The number of nitrogens with two attached hydrogens (primary N) is 1. The number of hydrogen-bond acceptors (Lipinski definition) is 4. The Labute approximate surface area is 91.4 Å². The largest absolute Gasteiger partial charge is 0.385 e. The maximum absolute atomic E-state index is 5.78. The highest BCUT2D eigenvalue weighted by atomic mass is 35.5. The SMILES string of the molecule is C=C(N)N/N=C/c1ccc(Cl)nc1Cl. The molecular formula is C8H8Cl2N4. The molecule has 0 radical (unpaired) electrons. The van der Waals surface area contributed by atoms with E-state index in [2.05, 4.69) is 22.1 Å². The van der Waals surface area contributed by atoms with Crippen LogP contribution in [0.5, 0.6) is 0 Å². The van der Waals surface area contributed by atoms with Crippen molar-refractivity contribution in [3.63, 3.8) is 0 Å². The van der Waals surface area contributed by atoms with E-state index in [1.54, 1.807) is 12.1 Å². The van der Waals surface area contributed by atoms with Gasteiger partial charge in [-0.1, -0.05) is 29.8 Å². The molecule has 74 valence electrons. The minimum Gasteiger partial charge on any atom is -0.385 e. The summed E-state index contributed by atoms with van der Waals surface area (Å²) in [5.41, 5.74) is 8.34. The average Bonchev–Trinajstić information content (AvgIpc) is 2.08. The molecule has 4 nitrogen and oxygen atoms in total. The molecule has 6 heteroatoms. The van der Waals surface area contributed by atoms with Crippen LogP contribution in [-0.4, -0.2) is 11.2 Å². The fraction of sp³-hybridized carbons (Fsp3) is 0. The molecule has 1 aromatic heterocycles. The van der Waals surface area contributed by atoms with Crippen molar-refractivity contribution in [2.75, 3.05) is 0 Å². The lowest BCUT2D eigenvalue weighted by Crippen LogP contribution is -2.12. The molecule has 0 unspecified atom stereocenters. The Morgan fingerprint density at radius 3 is 2.86 bits per heavy atom. The maximum Gasteiger partial charge on any atom is 0.139 e. The molecule has 0 aliphatic rings. The quantitative estimate of drug-likeness (QED) is 0.473. The predicted octanol–water partition coefficient (Wildman–Crippen LogP) is 1.74. The number of hydrogen-bond donors (Lipinski definition) is 2. The second-order valence-corrected chi connectivity index (χ2v) is 3.15. The summed E-state index contributed by atoms with van der Waals surface area (Å²) in [7, 11) is 0. The van der Waals surface area contributed by atoms with Gasteiger partial charge in [0.25, 0.3) is 0 Å². The molecule has 1 aromatic rings. The Kier molecular flexibility index (Phi) is 3.73. The van der Waals surface area contributed by atoms with E-state index in [9.17, 15) is 0 Å². The van der Waals surface area contributed by atoms with E-state index < -0.39 is 0 Å². The van der Waals surface area contributed by atoms with Crippen molar-refractivity contribution in [2.45, 2.75) is 0 Å². The minimum absolute atomic E-state index is 0.249. The molecule has 3 N–H and O–H groups in total. The highest BCUT2D eigenvalue weighted by molar-refractivity contribution is 6.34. The predicted molar refractivity (Wildman–Crippen MR) is 58.3 cm³/mol. The average molecular weight is 231 g/mol. The van der Waals surface area contributed by atoms with Gasteiger partial charge in [0.05, 0.1) is 6.21 Å². The first-order valence-electron chi connectivity index (χ1n) is 3.65. The van der Waals surface area contributed by atoms with Crippen LogP contribution in [0.1, 0.15) is 5.56 Å². The van der Waals surface area contributed by atoms with Gasteiger partial charge in [-0.15, -0.1) is 0 Å². The van der Waals surface area contributed by atoms with Crippen LogP contribution in [0.2, 0.25) is 10.3 Å². The Bertz CT molecular complexity index is 376. The number of pyridine rings is 1. The zero-order chi connectivity index (χ0) is 10.6. The van der Waals surface area contributed by atoms with Crippen molar-refractivity contribution in [2.24, 2.45) is 10.8 Å². The first kappa shape index (κ1) is 10.8. The van der Waals surface area contributed by atoms with Gasteiger partial charge in [0, 0.05) is 5.56 Å². The Morgan fingerprint density at radius 1 is 1.57 bits per heavy atom. The summed E-state index contributed by atoms with van der Waals surface area (Å²) in [6.45, 7) is 3.41. The fourth-order valence-corrected chi connectivity index (χ4v) is 1.10. The minimum atomic E-state index is 0.249. The lowest BCUT2D eigenvalue weighted by Gasteiger charge is -1.98. The molecule has 0 spiro atoms. The number of hydrazone groups is 1. The van der Waals surface area contributed by atoms with E-state index in [1.807, 2.05) is 0 Å². The summed E-state index contributed by atoms with van der Waals surface area (Å²) in [6, 6.07) is 3.31. The molecule has 1 rings (SSSR count). The molecular weight excluding hydrogens is 223 g/mol. The van der Waals surface area contributed by atoms with Crippen LogP contribution in [0.3, 0.4) is 0 Å². The van der Waals surface area contributed by atoms with Crippen LogP contribution in [-0.2, 0) is 0 Å². The smallest absolute Gasteiger partial charge is 0.139 e. The Morgan fingerprint density at radius 2 is 2.29 bits per heavy atom. The summed E-state index contributed by atoms with van der Waals surface area (Å²) >= 11 is 11.4. The Hall–Kier alpha value is -1.26. The van der Waals surface area contributed by atoms with Crippen LogP contribution >= 0.6 is 23.2 Å². The zero-order valence-electron chi connectivity index (χ0n) is 7.17. The van der Waals surface area contributed by atoms with Gasteiger partial charge >= 0.3 is 0 Å². The van der Waals surface area contributed by atoms with Crippen molar-refractivity contribution >= 4 is 29.4 Å². The van der Waals surface area contributed by atoms with Gasteiger partial charge < -0.3 is 5.73 Å². The molecule has 14 heavy (non-hydrogen) atoms. The van der Waals surface area contributed by atoms with E-state index >= 15 is 0 Å². The van der Waals surface area contributed by atoms with Crippen molar-refractivity contribution in [3.8, 4) is 0 Å². The molecule has 0 saturated carbocycles. The number of rotatable bonds is 3.